The number of nitrogen functional groups attached to an aromatic ring is 1. The first-order chi connectivity index (χ1) is 8.76. The maximum Gasteiger partial charge on any atom is 0.141 e. The average molecular weight is 239 g/mol. The molecule has 0 aliphatic rings. The lowest BCUT2D eigenvalue weighted by molar-refractivity contribution is 1.16. The van der Waals surface area contributed by atoms with Crippen LogP contribution in [-0.4, -0.2) is 12.0 Å². The molecule has 0 amide bonds. The Kier molecular flexibility index (Phi) is 3.41. The number of aromatic nitrogens is 1. The van der Waals surface area contributed by atoms with Gasteiger partial charge in [-0.15, -0.1) is 0 Å². The zero-order valence-corrected chi connectivity index (χ0v) is 9.96. The number of benzene rings is 1. The van der Waals surface area contributed by atoms with Crippen molar-refractivity contribution in [1.82, 2.24) is 4.98 Å². The summed E-state index contributed by atoms with van der Waals surface area (Å²) in [4.78, 5) is 5.97. The minimum absolute atomic E-state index is 0.578. The minimum Gasteiger partial charge on any atom is -0.343 e. The summed E-state index contributed by atoms with van der Waals surface area (Å²) in [5.74, 6) is 5.91. The molecule has 1 aromatic carbocycles. The maximum atomic E-state index is 9.09. The first-order valence-electron chi connectivity index (χ1n) is 5.42. The number of pyridine rings is 1. The van der Waals surface area contributed by atoms with Crippen molar-refractivity contribution in [3.63, 3.8) is 0 Å². The van der Waals surface area contributed by atoms with Crippen molar-refractivity contribution in [2.75, 3.05) is 17.4 Å². The normalized spacial score (nSPS) is 9.61. The van der Waals surface area contributed by atoms with Crippen LogP contribution in [-0.2, 0) is 0 Å². The van der Waals surface area contributed by atoms with E-state index in [0.717, 1.165) is 11.4 Å². The van der Waals surface area contributed by atoms with Gasteiger partial charge >= 0.3 is 0 Å². The molecule has 0 spiro atoms. The molecule has 0 saturated heterocycles. The lowest BCUT2D eigenvalue weighted by Crippen LogP contribution is -2.13. The Morgan fingerprint density at radius 3 is 2.83 bits per heavy atom. The van der Waals surface area contributed by atoms with Crippen LogP contribution < -0.4 is 16.2 Å². The molecule has 18 heavy (non-hydrogen) atoms. The maximum absolute atomic E-state index is 9.09. The van der Waals surface area contributed by atoms with Crippen LogP contribution >= 0.6 is 0 Å². The van der Waals surface area contributed by atoms with E-state index in [1.807, 2.05) is 42.3 Å². The van der Waals surface area contributed by atoms with E-state index in [9.17, 15) is 0 Å². The Hall–Kier alpha value is -2.58. The van der Waals surface area contributed by atoms with Gasteiger partial charge in [0.2, 0.25) is 0 Å². The molecule has 1 heterocycles. The molecule has 3 N–H and O–H groups in total. The summed E-state index contributed by atoms with van der Waals surface area (Å²) in [5.41, 5.74) is 4.87. The van der Waals surface area contributed by atoms with Gasteiger partial charge in [0.15, 0.2) is 0 Å². The first-order valence-corrected chi connectivity index (χ1v) is 5.42. The summed E-state index contributed by atoms with van der Waals surface area (Å²) in [6, 6.07) is 13.3. The monoisotopic (exact) mass is 239 g/mol. The van der Waals surface area contributed by atoms with Gasteiger partial charge in [-0.2, -0.15) is 5.26 Å². The SMILES string of the molecule is CN(c1ccnc(NN)c1)c1ccccc1C#N. The molecule has 0 saturated carbocycles. The molecular formula is C13H13N5. The molecular weight excluding hydrogens is 226 g/mol. The largest absolute Gasteiger partial charge is 0.343 e. The number of anilines is 3. The van der Waals surface area contributed by atoms with Gasteiger partial charge in [0.1, 0.15) is 11.9 Å². The molecule has 0 bridgehead atoms. The van der Waals surface area contributed by atoms with Gasteiger partial charge < -0.3 is 10.3 Å². The zero-order chi connectivity index (χ0) is 13.0. The van der Waals surface area contributed by atoms with Gasteiger partial charge in [0.05, 0.1) is 11.3 Å². The minimum atomic E-state index is 0.578. The van der Waals surface area contributed by atoms with Crippen LogP contribution in [0.3, 0.4) is 0 Å². The van der Waals surface area contributed by atoms with Gasteiger partial charge in [0, 0.05) is 25.0 Å². The molecule has 1 aromatic heterocycles. The van der Waals surface area contributed by atoms with E-state index in [0.29, 0.717) is 11.4 Å². The number of rotatable bonds is 3. The molecule has 0 fully saturated rings. The molecule has 2 aromatic rings. The third kappa shape index (κ3) is 2.24. The Balaban J connectivity index is 2.41. The van der Waals surface area contributed by atoms with Gasteiger partial charge in [0.25, 0.3) is 0 Å². The van der Waals surface area contributed by atoms with Crippen molar-refractivity contribution in [2.45, 2.75) is 0 Å². The van der Waals surface area contributed by atoms with Gasteiger partial charge in [-0.1, -0.05) is 12.1 Å². The Morgan fingerprint density at radius 2 is 2.11 bits per heavy atom. The van der Waals surface area contributed by atoms with Crippen LogP contribution in [0.2, 0.25) is 0 Å². The quantitative estimate of drug-likeness (QED) is 0.632. The average Bonchev–Trinajstić information content (AvgIpc) is 2.46. The topological polar surface area (TPSA) is 78.0 Å². The van der Waals surface area contributed by atoms with E-state index < -0.39 is 0 Å². The molecule has 0 aliphatic carbocycles. The number of hydrazine groups is 1. The fourth-order valence-corrected chi connectivity index (χ4v) is 1.71. The van der Waals surface area contributed by atoms with E-state index in [1.54, 1.807) is 12.3 Å². The second kappa shape index (κ2) is 5.17. The molecule has 0 aliphatic heterocycles. The number of hydrogen-bond donors (Lipinski definition) is 2. The van der Waals surface area contributed by atoms with Crippen molar-refractivity contribution in [1.29, 1.82) is 5.26 Å². The highest BCUT2D eigenvalue weighted by atomic mass is 15.2. The van der Waals surface area contributed by atoms with E-state index in [2.05, 4.69) is 16.5 Å². The molecule has 5 nitrogen and oxygen atoms in total. The second-order valence-electron chi connectivity index (χ2n) is 3.73. The van der Waals surface area contributed by atoms with Crippen molar-refractivity contribution in [2.24, 2.45) is 5.84 Å². The molecule has 0 unspecified atom stereocenters. The fourth-order valence-electron chi connectivity index (χ4n) is 1.71. The second-order valence-corrected chi connectivity index (χ2v) is 3.73. The first kappa shape index (κ1) is 11.9. The smallest absolute Gasteiger partial charge is 0.141 e. The van der Waals surface area contributed by atoms with E-state index >= 15 is 0 Å². The number of hydrogen-bond acceptors (Lipinski definition) is 5. The fraction of sp³-hybridized carbons (Fsp3) is 0.0769. The standard InChI is InChI=1S/C13H13N5/c1-18(11-6-7-16-13(8-11)17-15)12-5-3-2-4-10(12)9-14/h2-8H,15H2,1H3,(H,16,17). The summed E-state index contributed by atoms with van der Waals surface area (Å²) in [5, 5.41) is 9.09. The highest BCUT2D eigenvalue weighted by Gasteiger charge is 2.09. The summed E-state index contributed by atoms with van der Waals surface area (Å²) in [6.45, 7) is 0. The lowest BCUT2D eigenvalue weighted by Gasteiger charge is -2.20. The molecule has 90 valence electrons. The number of nitrogens with two attached hydrogens (primary N) is 1. The van der Waals surface area contributed by atoms with E-state index in [-0.39, 0.29) is 0 Å². The lowest BCUT2D eigenvalue weighted by atomic mass is 10.1. The predicted molar refractivity (Wildman–Crippen MR) is 71.3 cm³/mol. The third-order valence-corrected chi connectivity index (χ3v) is 2.66. The highest BCUT2D eigenvalue weighted by molar-refractivity contribution is 5.69. The summed E-state index contributed by atoms with van der Waals surface area (Å²) >= 11 is 0. The summed E-state index contributed by atoms with van der Waals surface area (Å²) in [7, 11) is 1.89. The van der Waals surface area contributed by atoms with E-state index in [1.165, 1.54) is 0 Å². The van der Waals surface area contributed by atoms with Crippen molar-refractivity contribution < 1.29 is 0 Å². The Morgan fingerprint density at radius 1 is 1.33 bits per heavy atom. The van der Waals surface area contributed by atoms with Crippen LogP contribution in [0.25, 0.3) is 0 Å². The third-order valence-electron chi connectivity index (χ3n) is 2.66. The molecule has 0 atom stereocenters. The molecule has 2 rings (SSSR count). The van der Waals surface area contributed by atoms with Gasteiger partial charge in [-0.3, -0.25) is 0 Å². The number of nitrogens with zero attached hydrogens (tertiary/aromatic N) is 3. The highest BCUT2D eigenvalue weighted by Crippen LogP contribution is 2.27. The summed E-state index contributed by atoms with van der Waals surface area (Å²) in [6.07, 6.45) is 1.66. The van der Waals surface area contributed by atoms with Crippen molar-refractivity contribution in [3.8, 4) is 6.07 Å². The number of para-hydroxylation sites is 1. The number of nitrogens with one attached hydrogen (secondary N) is 1. The van der Waals surface area contributed by atoms with Gasteiger partial charge in [-0.25, -0.2) is 10.8 Å². The van der Waals surface area contributed by atoms with Crippen molar-refractivity contribution >= 4 is 17.2 Å². The Bertz CT molecular complexity index is 588. The predicted octanol–water partition coefficient (Wildman–Crippen LogP) is 2.01. The van der Waals surface area contributed by atoms with Crippen LogP contribution in [0.1, 0.15) is 5.56 Å². The zero-order valence-electron chi connectivity index (χ0n) is 9.96. The van der Waals surface area contributed by atoms with Crippen molar-refractivity contribution in [3.05, 3.63) is 48.2 Å². The van der Waals surface area contributed by atoms with Crippen LogP contribution in [0.15, 0.2) is 42.6 Å². The molecule has 0 radical (unpaired) electrons. The molecule has 5 heteroatoms. The number of nitriles is 1. The Labute approximate surface area is 105 Å². The van der Waals surface area contributed by atoms with Gasteiger partial charge in [-0.05, 0) is 18.2 Å². The van der Waals surface area contributed by atoms with Crippen LogP contribution in [0.5, 0.6) is 0 Å². The van der Waals surface area contributed by atoms with E-state index in [4.69, 9.17) is 11.1 Å². The summed E-state index contributed by atoms with van der Waals surface area (Å²) < 4.78 is 0. The van der Waals surface area contributed by atoms with Crippen LogP contribution in [0.4, 0.5) is 17.2 Å². The van der Waals surface area contributed by atoms with Crippen LogP contribution in [0, 0.1) is 11.3 Å².